The van der Waals surface area contributed by atoms with Crippen LogP contribution in [0.25, 0.3) is 36.1 Å². The molecule has 274 valence electrons. The van der Waals surface area contributed by atoms with Gasteiger partial charge in [-0.05, 0) is 92.5 Å². The number of hydrogen-bond acceptors (Lipinski definition) is 7. The van der Waals surface area contributed by atoms with Crippen LogP contribution >= 0.6 is 0 Å². The summed E-state index contributed by atoms with van der Waals surface area (Å²) in [5.41, 5.74) is 9.23. The number of Topliss-reactive ketones (excluding diaryl/α,β-unsaturated/α-hetero) is 1. The standard InChI is InChI=1S/C42H50N4O6/c1-9-12-21(4)15-16-52-35(48)14-13-27-23(6)30-17-29-22(5)25(10-2)32(43-29)19-34-28(20-47)26(11-3)33(44-34)18-31-24(7)36-40(46-31)37(39(27)45-30)38(41(36)49)42(50)51-8/h10,15,17-20,23,27,38-39,43-47H,2,9,11-14,16H2,1,3-8H3/b21-15+,28-20+,30-17+,31-18-,34-19-/t23-,27-,38+,39?/m0/s1. The largest absolute Gasteiger partial charge is 0.515 e. The predicted molar refractivity (Wildman–Crippen MR) is 204 cm³/mol. The molecule has 0 spiro atoms. The number of fused-ring (bicyclic) bond motifs is 8. The van der Waals surface area contributed by atoms with Gasteiger partial charge in [0.1, 0.15) is 12.5 Å². The summed E-state index contributed by atoms with van der Waals surface area (Å²) >= 11 is 0. The average Bonchev–Trinajstić information content (AvgIpc) is 3.87. The summed E-state index contributed by atoms with van der Waals surface area (Å²) in [4.78, 5) is 51.4. The number of H-pyrrole nitrogens is 3. The van der Waals surface area contributed by atoms with Gasteiger partial charge in [0.25, 0.3) is 0 Å². The van der Waals surface area contributed by atoms with E-state index in [0.29, 0.717) is 34.5 Å². The highest BCUT2D eigenvalue weighted by Crippen LogP contribution is 2.42. The number of carbonyl (C=O) groups excluding carboxylic acids is 3. The van der Waals surface area contributed by atoms with Gasteiger partial charge in [-0.25, -0.2) is 0 Å². The molecule has 1 unspecified atom stereocenters. The summed E-state index contributed by atoms with van der Waals surface area (Å²) in [6.45, 7) is 16.5. The highest BCUT2D eigenvalue weighted by atomic mass is 16.5. The Kier molecular flexibility index (Phi) is 10.4. The molecule has 10 heteroatoms. The molecule has 0 aromatic carbocycles. The number of ketones is 1. The van der Waals surface area contributed by atoms with E-state index in [4.69, 9.17) is 9.47 Å². The van der Waals surface area contributed by atoms with Crippen LogP contribution in [0, 0.1) is 31.6 Å². The van der Waals surface area contributed by atoms with Gasteiger partial charge in [-0.3, -0.25) is 14.4 Å². The van der Waals surface area contributed by atoms with Crippen LogP contribution in [0.3, 0.4) is 0 Å². The maximum atomic E-state index is 14.3. The van der Waals surface area contributed by atoms with Gasteiger partial charge in [-0.1, -0.05) is 45.4 Å². The molecule has 2 aliphatic heterocycles. The second-order valence-electron chi connectivity index (χ2n) is 14.2. The third-order valence-corrected chi connectivity index (χ3v) is 11.2. The maximum Gasteiger partial charge on any atom is 0.320 e. The van der Waals surface area contributed by atoms with Crippen molar-refractivity contribution in [1.29, 1.82) is 0 Å². The van der Waals surface area contributed by atoms with Crippen LogP contribution in [0.2, 0.25) is 0 Å². The lowest BCUT2D eigenvalue weighted by Gasteiger charge is -2.25. The Hall–Kier alpha value is -5.25. The van der Waals surface area contributed by atoms with Crippen LogP contribution in [0.4, 0.5) is 0 Å². The smallest absolute Gasteiger partial charge is 0.320 e. The van der Waals surface area contributed by atoms with Gasteiger partial charge >= 0.3 is 11.9 Å². The summed E-state index contributed by atoms with van der Waals surface area (Å²) in [7, 11) is 1.30. The Morgan fingerprint density at radius 3 is 2.42 bits per heavy atom. The topological polar surface area (TPSA) is 149 Å². The molecule has 3 aromatic heterocycles. The van der Waals surface area contributed by atoms with E-state index < -0.39 is 17.9 Å². The minimum absolute atomic E-state index is 0.0808. The van der Waals surface area contributed by atoms with E-state index in [1.54, 1.807) is 0 Å². The predicted octanol–water partition coefficient (Wildman–Crippen LogP) is 4.23. The summed E-state index contributed by atoms with van der Waals surface area (Å²) < 4.78 is 10.9. The van der Waals surface area contributed by atoms with Crippen molar-refractivity contribution in [3.05, 3.63) is 90.1 Å². The van der Waals surface area contributed by atoms with Crippen LogP contribution in [0.15, 0.2) is 23.9 Å². The third-order valence-electron chi connectivity index (χ3n) is 11.2. The lowest BCUT2D eigenvalue weighted by atomic mass is 9.80. The molecule has 1 fully saturated rings. The Morgan fingerprint density at radius 1 is 1.00 bits per heavy atom. The van der Waals surface area contributed by atoms with Crippen molar-refractivity contribution >= 4 is 53.9 Å². The number of nitrogens with one attached hydrogen (secondary N) is 4. The van der Waals surface area contributed by atoms with E-state index in [1.165, 1.54) is 12.7 Å². The number of hydrogen-bond donors (Lipinski definition) is 5. The van der Waals surface area contributed by atoms with Crippen molar-refractivity contribution in [3.63, 3.8) is 0 Å². The minimum atomic E-state index is -1.14. The highest BCUT2D eigenvalue weighted by Gasteiger charge is 2.49. The van der Waals surface area contributed by atoms with E-state index in [9.17, 15) is 19.5 Å². The average molecular weight is 707 g/mol. The van der Waals surface area contributed by atoms with Crippen molar-refractivity contribution in [3.8, 4) is 0 Å². The van der Waals surface area contributed by atoms with Gasteiger partial charge in [0, 0.05) is 56.8 Å². The van der Waals surface area contributed by atoms with Crippen molar-refractivity contribution in [2.75, 3.05) is 13.7 Å². The van der Waals surface area contributed by atoms with Gasteiger partial charge in [0.05, 0.1) is 30.1 Å². The molecule has 3 aromatic rings. The zero-order valence-electron chi connectivity index (χ0n) is 31.2. The molecule has 10 nitrogen and oxygen atoms in total. The monoisotopic (exact) mass is 706 g/mol. The van der Waals surface area contributed by atoms with Gasteiger partial charge < -0.3 is 34.8 Å². The summed E-state index contributed by atoms with van der Waals surface area (Å²) in [5, 5.41) is 16.9. The van der Waals surface area contributed by atoms with Crippen molar-refractivity contribution in [2.24, 2.45) is 17.8 Å². The van der Waals surface area contributed by atoms with E-state index in [0.717, 1.165) is 74.8 Å². The normalized spacial score (nSPS) is 23.3. The number of aliphatic hydroxyl groups is 1. The van der Waals surface area contributed by atoms with Crippen LogP contribution in [0.1, 0.15) is 103 Å². The number of carbonyl (C=O) groups is 3. The molecule has 5 heterocycles. The van der Waals surface area contributed by atoms with Gasteiger partial charge in [0.15, 0.2) is 5.78 Å². The molecular weight excluding hydrogens is 656 g/mol. The zero-order chi connectivity index (χ0) is 37.4. The third kappa shape index (κ3) is 6.28. The summed E-state index contributed by atoms with van der Waals surface area (Å²) in [6, 6.07) is -0.465. The first-order valence-corrected chi connectivity index (χ1v) is 18.2. The summed E-state index contributed by atoms with van der Waals surface area (Å²) in [6.07, 6.45) is 14.2. The second-order valence-corrected chi connectivity index (χ2v) is 14.2. The molecule has 4 atom stereocenters. The molecule has 6 rings (SSSR count). The molecule has 0 amide bonds. The molecule has 3 aliphatic rings. The fraction of sp³-hybridized carbons (Fsp3) is 0.405. The number of allylic oxidation sites excluding steroid dienone is 2. The first kappa shape index (κ1) is 36.5. The van der Waals surface area contributed by atoms with Crippen LogP contribution in [-0.2, 0) is 25.5 Å². The number of aliphatic hydroxyl groups excluding tert-OH is 1. The fourth-order valence-electron chi connectivity index (χ4n) is 8.34. The first-order valence-electron chi connectivity index (χ1n) is 18.2. The molecule has 0 radical (unpaired) electrons. The summed E-state index contributed by atoms with van der Waals surface area (Å²) in [5.74, 6) is -2.61. The Morgan fingerprint density at radius 2 is 1.75 bits per heavy atom. The van der Waals surface area contributed by atoms with Gasteiger partial charge in [-0.2, -0.15) is 0 Å². The lowest BCUT2D eigenvalue weighted by molar-refractivity contribution is -0.143. The van der Waals surface area contributed by atoms with E-state index in [1.807, 2.05) is 52.0 Å². The number of esters is 2. The maximum absolute atomic E-state index is 14.3. The number of methoxy groups -OCH3 is 1. The van der Waals surface area contributed by atoms with Gasteiger partial charge in [0.2, 0.25) is 0 Å². The Balaban J connectivity index is 1.57. The van der Waals surface area contributed by atoms with E-state index in [-0.39, 0.29) is 36.6 Å². The van der Waals surface area contributed by atoms with Crippen LogP contribution < -0.4 is 26.6 Å². The minimum Gasteiger partial charge on any atom is -0.515 e. The molecule has 1 saturated heterocycles. The SMILES string of the molecule is C=Cc1c2[nH]c(c1C)/C=C1/NC(C3=c4[nH]/c(c(C)c4C(=O)[C@@H]3C(=O)OC)=C\c3[nH]c(/c(=C/O)c3CC)=C\2)[C@@H](CCC(=O)OC/C=C(\C)CCC)[C@@H]1C. The highest BCUT2D eigenvalue weighted by molar-refractivity contribution is 6.19. The van der Waals surface area contributed by atoms with Crippen LogP contribution in [0.5, 0.6) is 0 Å². The molecule has 5 N–H and O–H groups in total. The molecule has 8 bridgehead atoms. The van der Waals surface area contributed by atoms with Gasteiger partial charge in [-0.15, -0.1) is 0 Å². The first-order chi connectivity index (χ1) is 25.0. The number of ether oxygens (including phenoxy) is 2. The molecule has 1 aliphatic carbocycles. The molecule has 52 heavy (non-hydrogen) atoms. The van der Waals surface area contributed by atoms with E-state index >= 15 is 0 Å². The Bertz CT molecular complexity index is 2280. The van der Waals surface area contributed by atoms with E-state index in [2.05, 4.69) is 46.8 Å². The zero-order valence-corrected chi connectivity index (χ0v) is 31.2. The number of aromatic nitrogens is 3. The van der Waals surface area contributed by atoms with Crippen molar-refractivity contribution in [1.82, 2.24) is 20.3 Å². The number of aromatic amines is 3. The molecular formula is C42H50N4O6. The van der Waals surface area contributed by atoms with Crippen molar-refractivity contribution in [2.45, 2.75) is 79.7 Å². The van der Waals surface area contributed by atoms with Crippen molar-refractivity contribution < 1.29 is 29.0 Å². The van der Waals surface area contributed by atoms with Crippen LogP contribution in [-0.4, -0.2) is 57.5 Å². The number of rotatable bonds is 10. The Labute approximate surface area is 303 Å². The quantitative estimate of drug-likeness (QED) is 0.120. The lowest BCUT2D eigenvalue weighted by Crippen LogP contribution is -2.38. The second kappa shape index (κ2) is 14.8. The molecule has 0 saturated carbocycles. The fourth-order valence-corrected chi connectivity index (χ4v) is 8.34.